The number of nitrogens with two attached hydrogens (primary N) is 1. The largest absolute Gasteiger partial charge is 0.364 e. The Bertz CT molecular complexity index is 1260. The summed E-state index contributed by atoms with van der Waals surface area (Å²) in [5.74, 6) is -0.0373. The maximum Gasteiger partial charge on any atom is 0.269 e. The van der Waals surface area contributed by atoms with Crippen LogP contribution in [0.2, 0.25) is 0 Å². The van der Waals surface area contributed by atoms with Crippen molar-refractivity contribution in [2.75, 3.05) is 6.54 Å². The number of hydrogen-bond acceptors (Lipinski definition) is 5. The first kappa shape index (κ1) is 19.0. The minimum absolute atomic E-state index is 0.0814. The molecule has 2 aromatic carbocycles. The van der Waals surface area contributed by atoms with Crippen molar-refractivity contribution in [1.82, 2.24) is 20.3 Å². The zero-order valence-corrected chi connectivity index (χ0v) is 16.7. The third-order valence-electron chi connectivity index (χ3n) is 5.73. The molecule has 1 fully saturated rings. The number of benzene rings is 2. The third-order valence-corrected chi connectivity index (χ3v) is 5.73. The molecule has 2 aromatic heterocycles. The van der Waals surface area contributed by atoms with E-state index in [9.17, 15) is 9.59 Å². The second-order valence-corrected chi connectivity index (χ2v) is 7.69. The summed E-state index contributed by atoms with van der Waals surface area (Å²) in [7, 11) is 0. The van der Waals surface area contributed by atoms with Crippen molar-refractivity contribution in [3.63, 3.8) is 0 Å². The molecule has 5 rings (SSSR count). The second-order valence-electron chi connectivity index (χ2n) is 7.69. The Morgan fingerprint density at radius 1 is 1.10 bits per heavy atom. The number of carbonyl (C=O) groups excluding carboxylic acids is 2. The molecule has 1 unspecified atom stereocenters. The SMILES string of the molecule is NC(=O)c1cc(C2CCCCN2C(=O)c2ccc3noc(-c4ccccc4)c3c2)[nH]n1. The molecule has 156 valence electrons. The van der Waals surface area contributed by atoms with Gasteiger partial charge in [-0.05, 0) is 43.5 Å². The van der Waals surface area contributed by atoms with Gasteiger partial charge in [-0.3, -0.25) is 14.7 Å². The van der Waals surface area contributed by atoms with Gasteiger partial charge in [-0.25, -0.2) is 0 Å². The van der Waals surface area contributed by atoms with Gasteiger partial charge in [0.2, 0.25) is 0 Å². The third kappa shape index (κ3) is 3.46. The quantitative estimate of drug-likeness (QED) is 0.527. The summed E-state index contributed by atoms with van der Waals surface area (Å²) < 4.78 is 5.57. The molecule has 3 N–H and O–H groups in total. The first-order valence-electron chi connectivity index (χ1n) is 10.2. The topological polar surface area (TPSA) is 118 Å². The molecule has 4 aromatic rings. The molecule has 0 bridgehead atoms. The number of carbonyl (C=O) groups is 2. The van der Waals surface area contributed by atoms with Crippen molar-refractivity contribution >= 4 is 22.7 Å². The van der Waals surface area contributed by atoms with E-state index >= 15 is 0 Å². The van der Waals surface area contributed by atoms with Gasteiger partial charge in [-0.1, -0.05) is 35.5 Å². The van der Waals surface area contributed by atoms with E-state index in [1.54, 1.807) is 18.2 Å². The number of nitrogens with one attached hydrogen (secondary N) is 1. The van der Waals surface area contributed by atoms with Crippen molar-refractivity contribution < 1.29 is 14.1 Å². The predicted molar refractivity (Wildman–Crippen MR) is 114 cm³/mol. The fourth-order valence-corrected chi connectivity index (χ4v) is 4.17. The Morgan fingerprint density at radius 3 is 2.71 bits per heavy atom. The first-order valence-corrected chi connectivity index (χ1v) is 10.2. The highest BCUT2D eigenvalue weighted by molar-refractivity contribution is 6.01. The molecule has 1 aliphatic rings. The van der Waals surface area contributed by atoms with Crippen molar-refractivity contribution in [3.05, 3.63) is 71.5 Å². The number of piperidine rings is 1. The normalized spacial score (nSPS) is 16.5. The molecular formula is C23H21N5O3. The zero-order valence-electron chi connectivity index (χ0n) is 16.7. The number of likely N-dealkylation sites (tertiary alicyclic amines) is 1. The first-order chi connectivity index (χ1) is 15.1. The molecule has 0 saturated carbocycles. The summed E-state index contributed by atoms with van der Waals surface area (Å²) in [4.78, 5) is 26.7. The number of rotatable bonds is 4. The van der Waals surface area contributed by atoms with Crippen LogP contribution in [0, 0.1) is 0 Å². The van der Waals surface area contributed by atoms with E-state index in [1.165, 1.54) is 0 Å². The fourth-order valence-electron chi connectivity index (χ4n) is 4.17. The fraction of sp³-hybridized carbons (Fsp3) is 0.217. The summed E-state index contributed by atoms with van der Waals surface area (Å²) in [6, 6.07) is 16.6. The van der Waals surface area contributed by atoms with Crippen molar-refractivity contribution in [1.29, 1.82) is 0 Å². The van der Waals surface area contributed by atoms with Crippen LogP contribution in [-0.4, -0.2) is 38.6 Å². The predicted octanol–water partition coefficient (Wildman–Crippen LogP) is 3.68. The molecule has 1 saturated heterocycles. The standard InChI is InChI=1S/C23H21N5O3/c24-22(29)19-13-18(25-26-19)20-8-4-5-11-28(20)23(30)15-9-10-17-16(12-15)21(31-27-17)14-6-2-1-3-7-14/h1-3,6-7,9-10,12-13,20H,4-5,8,11H2,(H2,24,29)(H,25,26). The average Bonchev–Trinajstić information content (AvgIpc) is 3.46. The molecule has 8 heteroatoms. The number of primary amides is 1. The molecule has 1 atom stereocenters. The number of aromatic amines is 1. The summed E-state index contributed by atoms with van der Waals surface area (Å²) in [6.45, 7) is 0.627. The van der Waals surface area contributed by atoms with Crippen LogP contribution in [0.15, 0.2) is 59.1 Å². The Balaban J connectivity index is 1.49. The number of amides is 2. The Morgan fingerprint density at radius 2 is 1.94 bits per heavy atom. The Kier molecular flexibility index (Phi) is 4.74. The lowest BCUT2D eigenvalue weighted by Gasteiger charge is -2.35. The van der Waals surface area contributed by atoms with Crippen LogP contribution in [0.3, 0.4) is 0 Å². The lowest BCUT2D eigenvalue weighted by molar-refractivity contribution is 0.0606. The lowest BCUT2D eigenvalue weighted by atomic mass is 9.97. The van der Waals surface area contributed by atoms with E-state index in [4.69, 9.17) is 10.3 Å². The summed E-state index contributed by atoms with van der Waals surface area (Å²) in [5.41, 5.74) is 8.39. The van der Waals surface area contributed by atoms with Crippen LogP contribution in [0.4, 0.5) is 0 Å². The van der Waals surface area contributed by atoms with Crippen LogP contribution < -0.4 is 5.73 Å². The van der Waals surface area contributed by atoms with Crippen molar-refractivity contribution in [2.45, 2.75) is 25.3 Å². The maximum absolute atomic E-state index is 13.5. The monoisotopic (exact) mass is 415 g/mol. The second kappa shape index (κ2) is 7.71. The Hall–Kier alpha value is -3.94. The van der Waals surface area contributed by atoms with Crippen LogP contribution in [0.1, 0.15) is 51.8 Å². The molecule has 3 heterocycles. The molecule has 0 radical (unpaired) electrons. The minimum Gasteiger partial charge on any atom is -0.364 e. The van der Waals surface area contributed by atoms with Crippen molar-refractivity contribution in [2.24, 2.45) is 5.73 Å². The molecule has 0 aliphatic carbocycles. The number of fused-ring (bicyclic) bond motifs is 1. The minimum atomic E-state index is -0.595. The molecule has 0 spiro atoms. The summed E-state index contributed by atoms with van der Waals surface area (Å²) in [5, 5.41) is 11.8. The van der Waals surface area contributed by atoms with Crippen molar-refractivity contribution in [3.8, 4) is 11.3 Å². The lowest BCUT2D eigenvalue weighted by Crippen LogP contribution is -2.38. The van der Waals surface area contributed by atoms with E-state index in [1.807, 2.05) is 41.3 Å². The maximum atomic E-state index is 13.5. The highest BCUT2D eigenvalue weighted by Gasteiger charge is 2.30. The van der Waals surface area contributed by atoms with Gasteiger partial charge in [0.25, 0.3) is 11.8 Å². The average molecular weight is 415 g/mol. The van der Waals surface area contributed by atoms with E-state index in [0.29, 0.717) is 23.4 Å². The van der Waals surface area contributed by atoms with Gasteiger partial charge in [0.15, 0.2) is 5.76 Å². The Labute approximate surface area is 178 Å². The van der Waals surface area contributed by atoms with Gasteiger partial charge in [-0.15, -0.1) is 0 Å². The number of nitrogens with zero attached hydrogens (tertiary/aromatic N) is 3. The molecule has 8 nitrogen and oxygen atoms in total. The van der Waals surface area contributed by atoms with Crippen LogP contribution >= 0.6 is 0 Å². The number of hydrogen-bond donors (Lipinski definition) is 2. The molecule has 2 amide bonds. The smallest absolute Gasteiger partial charge is 0.269 e. The van der Waals surface area contributed by atoms with Crippen LogP contribution in [-0.2, 0) is 0 Å². The van der Waals surface area contributed by atoms with E-state index in [0.717, 1.165) is 35.9 Å². The van der Waals surface area contributed by atoms with Gasteiger partial charge < -0.3 is 15.2 Å². The van der Waals surface area contributed by atoms with Gasteiger partial charge in [0.1, 0.15) is 11.2 Å². The van der Waals surface area contributed by atoms with Crippen LogP contribution in [0.5, 0.6) is 0 Å². The zero-order chi connectivity index (χ0) is 21.4. The van der Waals surface area contributed by atoms with Gasteiger partial charge in [0, 0.05) is 17.7 Å². The van der Waals surface area contributed by atoms with Crippen LogP contribution in [0.25, 0.3) is 22.2 Å². The van der Waals surface area contributed by atoms with Gasteiger partial charge in [0.05, 0.1) is 17.1 Å². The highest BCUT2D eigenvalue weighted by atomic mass is 16.5. The molecular weight excluding hydrogens is 394 g/mol. The summed E-state index contributed by atoms with van der Waals surface area (Å²) in [6.07, 6.45) is 2.70. The van der Waals surface area contributed by atoms with E-state index < -0.39 is 5.91 Å². The number of H-pyrrole nitrogens is 1. The molecule has 1 aliphatic heterocycles. The van der Waals surface area contributed by atoms with E-state index in [-0.39, 0.29) is 17.6 Å². The van der Waals surface area contributed by atoms with Gasteiger partial charge in [-0.2, -0.15) is 5.10 Å². The summed E-state index contributed by atoms with van der Waals surface area (Å²) >= 11 is 0. The number of aromatic nitrogens is 3. The highest BCUT2D eigenvalue weighted by Crippen LogP contribution is 2.33. The van der Waals surface area contributed by atoms with E-state index in [2.05, 4.69) is 15.4 Å². The van der Waals surface area contributed by atoms with Gasteiger partial charge >= 0.3 is 0 Å². The molecule has 31 heavy (non-hydrogen) atoms.